The second kappa shape index (κ2) is 9.82. The van der Waals surface area contributed by atoms with Gasteiger partial charge in [0.1, 0.15) is 28.6 Å². The van der Waals surface area contributed by atoms with E-state index in [4.69, 9.17) is 4.74 Å². The summed E-state index contributed by atoms with van der Waals surface area (Å²) in [5, 5.41) is 0. The van der Waals surface area contributed by atoms with Crippen molar-refractivity contribution >= 4 is 15.8 Å². The van der Waals surface area contributed by atoms with Crippen LogP contribution in [0.3, 0.4) is 0 Å². The second-order valence-electron chi connectivity index (χ2n) is 8.82. The lowest BCUT2D eigenvalue weighted by Gasteiger charge is -2.45. The minimum atomic E-state index is -4.35. The van der Waals surface area contributed by atoms with Gasteiger partial charge in [0.2, 0.25) is 0 Å². The maximum absolute atomic E-state index is 15.3. The number of sulfonamides is 1. The van der Waals surface area contributed by atoms with E-state index < -0.39 is 44.9 Å². The number of alkyl halides is 3. The summed E-state index contributed by atoms with van der Waals surface area (Å²) in [6, 6.07) is 2.27. The van der Waals surface area contributed by atoms with Gasteiger partial charge in [0.15, 0.2) is 0 Å². The zero-order valence-corrected chi connectivity index (χ0v) is 20.1. The Labute approximate surface area is 210 Å². The van der Waals surface area contributed by atoms with Gasteiger partial charge in [-0.15, -0.1) is 0 Å². The third-order valence-corrected chi connectivity index (χ3v) is 7.98. The van der Waals surface area contributed by atoms with Crippen molar-refractivity contribution in [2.45, 2.75) is 42.4 Å². The van der Waals surface area contributed by atoms with Crippen LogP contribution in [-0.4, -0.2) is 52.6 Å². The zero-order valence-electron chi connectivity index (χ0n) is 19.3. The minimum absolute atomic E-state index is 0.0368. The van der Waals surface area contributed by atoms with E-state index in [9.17, 15) is 21.6 Å². The van der Waals surface area contributed by atoms with Crippen LogP contribution in [-0.2, 0) is 10.0 Å². The number of piperidine rings is 1. The molecule has 5 rings (SSSR count). The molecule has 37 heavy (non-hydrogen) atoms. The normalized spacial score (nSPS) is 22.6. The number of ether oxygens (including phenoxy) is 1. The van der Waals surface area contributed by atoms with Gasteiger partial charge in [-0.25, -0.2) is 22.8 Å². The van der Waals surface area contributed by atoms with Crippen molar-refractivity contribution in [3.05, 3.63) is 66.4 Å². The van der Waals surface area contributed by atoms with Crippen LogP contribution in [0, 0.1) is 11.7 Å². The summed E-state index contributed by atoms with van der Waals surface area (Å²) in [7, 11) is -4.35. The highest BCUT2D eigenvalue weighted by molar-refractivity contribution is 7.92. The van der Waals surface area contributed by atoms with Crippen molar-refractivity contribution in [3.8, 4) is 5.75 Å². The Balaban J connectivity index is 1.49. The third-order valence-electron chi connectivity index (χ3n) is 6.61. The predicted octanol–water partition coefficient (Wildman–Crippen LogP) is 4.05. The molecule has 0 unspecified atom stereocenters. The molecule has 0 aliphatic carbocycles. The molecule has 2 aliphatic rings. The maximum atomic E-state index is 15.3. The van der Waals surface area contributed by atoms with Crippen LogP contribution in [0.4, 0.5) is 23.4 Å². The molecule has 1 aromatic carbocycles. The lowest BCUT2D eigenvalue weighted by atomic mass is 9.85. The summed E-state index contributed by atoms with van der Waals surface area (Å²) in [6.45, 7) is 0.265. The SMILES string of the molecule is O=S(=O)(Nc1ccncn1)c1cc2c(cc1F)[C@@H](N1CC[C@H](C(F)(F)F)C[C@@H]1c1cnccn1)CCO2. The molecule has 1 N–H and O–H groups in total. The highest BCUT2D eigenvalue weighted by Gasteiger charge is 2.47. The van der Waals surface area contributed by atoms with Crippen LogP contribution in [0.15, 0.2) is 54.2 Å². The number of rotatable bonds is 5. The molecule has 0 spiro atoms. The van der Waals surface area contributed by atoms with Crippen molar-refractivity contribution in [2.75, 3.05) is 17.9 Å². The summed E-state index contributed by atoms with van der Waals surface area (Å²) in [5.41, 5.74) is 0.752. The van der Waals surface area contributed by atoms with E-state index in [0.717, 1.165) is 18.5 Å². The molecular formula is C23H22F4N6O3S. The van der Waals surface area contributed by atoms with Gasteiger partial charge in [0, 0.05) is 55.4 Å². The van der Waals surface area contributed by atoms with Crippen molar-refractivity contribution in [1.29, 1.82) is 0 Å². The third kappa shape index (κ3) is 5.21. The molecule has 196 valence electrons. The zero-order chi connectivity index (χ0) is 26.2. The van der Waals surface area contributed by atoms with E-state index in [1.165, 1.54) is 30.9 Å². The number of hydrogen-bond acceptors (Lipinski definition) is 8. The summed E-state index contributed by atoms with van der Waals surface area (Å²) in [5.74, 6) is -2.41. The molecule has 0 radical (unpaired) electrons. The van der Waals surface area contributed by atoms with E-state index in [1.807, 2.05) is 4.90 Å². The van der Waals surface area contributed by atoms with Gasteiger partial charge in [-0.3, -0.25) is 19.6 Å². The van der Waals surface area contributed by atoms with E-state index in [1.54, 1.807) is 0 Å². The van der Waals surface area contributed by atoms with Gasteiger partial charge in [0.25, 0.3) is 10.0 Å². The molecule has 4 heterocycles. The smallest absolute Gasteiger partial charge is 0.391 e. The van der Waals surface area contributed by atoms with Gasteiger partial charge in [0.05, 0.1) is 24.3 Å². The Morgan fingerprint density at radius 2 is 1.89 bits per heavy atom. The van der Waals surface area contributed by atoms with E-state index in [2.05, 4.69) is 24.7 Å². The number of benzene rings is 1. The molecule has 3 aromatic rings. The average molecular weight is 539 g/mol. The van der Waals surface area contributed by atoms with Crippen molar-refractivity contribution in [2.24, 2.45) is 5.92 Å². The summed E-state index contributed by atoms with van der Waals surface area (Å²) in [4.78, 5) is 17.0. The summed E-state index contributed by atoms with van der Waals surface area (Å²) < 4.78 is 89.7. The van der Waals surface area contributed by atoms with Crippen LogP contribution in [0.5, 0.6) is 5.75 Å². The first-order valence-electron chi connectivity index (χ1n) is 11.5. The quantitative estimate of drug-likeness (QED) is 0.485. The van der Waals surface area contributed by atoms with Crippen LogP contribution in [0.2, 0.25) is 0 Å². The van der Waals surface area contributed by atoms with Crippen molar-refractivity contribution in [1.82, 2.24) is 24.8 Å². The monoisotopic (exact) mass is 538 g/mol. The topological polar surface area (TPSA) is 110 Å². The fraction of sp³-hybridized carbons (Fsp3) is 0.391. The minimum Gasteiger partial charge on any atom is -0.493 e. The second-order valence-corrected chi connectivity index (χ2v) is 10.5. The number of likely N-dealkylation sites (tertiary alicyclic amines) is 1. The average Bonchev–Trinajstić information content (AvgIpc) is 2.88. The Morgan fingerprint density at radius 3 is 2.59 bits per heavy atom. The van der Waals surface area contributed by atoms with E-state index >= 15 is 4.39 Å². The largest absolute Gasteiger partial charge is 0.493 e. The molecule has 1 fully saturated rings. The van der Waals surface area contributed by atoms with Gasteiger partial charge < -0.3 is 4.74 Å². The van der Waals surface area contributed by atoms with Crippen LogP contribution in [0.25, 0.3) is 0 Å². The Kier molecular flexibility index (Phi) is 6.70. The number of halogens is 4. The number of nitrogens with one attached hydrogen (secondary N) is 1. The predicted molar refractivity (Wildman–Crippen MR) is 122 cm³/mol. The number of aromatic nitrogens is 4. The van der Waals surface area contributed by atoms with Gasteiger partial charge in [-0.1, -0.05) is 0 Å². The Morgan fingerprint density at radius 1 is 1.05 bits per heavy atom. The maximum Gasteiger partial charge on any atom is 0.391 e. The Bertz CT molecular complexity index is 1360. The van der Waals surface area contributed by atoms with Crippen LogP contribution in [0.1, 0.15) is 42.6 Å². The number of nitrogens with zero attached hydrogens (tertiary/aromatic N) is 5. The molecule has 0 saturated carbocycles. The number of hydrogen-bond donors (Lipinski definition) is 1. The van der Waals surface area contributed by atoms with Crippen molar-refractivity contribution < 1.29 is 30.7 Å². The highest BCUT2D eigenvalue weighted by Crippen LogP contribution is 2.48. The highest BCUT2D eigenvalue weighted by atomic mass is 32.2. The van der Waals surface area contributed by atoms with Gasteiger partial charge in [-0.05, 0) is 25.0 Å². The molecule has 2 aliphatic heterocycles. The molecule has 14 heteroatoms. The fourth-order valence-corrected chi connectivity index (χ4v) is 5.98. The van der Waals surface area contributed by atoms with Gasteiger partial charge in [-0.2, -0.15) is 13.2 Å². The summed E-state index contributed by atoms with van der Waals surface area (Å²) in [6.07, 6.45) is 2.46. The number of fused-ring (bicyclic) bond motifs is 1. The first-order valence-corrected chi connectivity index (χ1v) is 13.0. The molecular weight excluding hydrogens is 516 g/mol. The standard InChI is InChI=1S/C23H22F4N6O3S/c24-16-10-15-18(33-7-2-14(23(25,26)27)9-19(33)17-12-28-5-6-30-17)3-8-36-20(15)11-21(16)37(34,35)32-22-1-4-29-13-31-22/h1,4-6,10-14,18-19H,2-3,7-9H2,(H,29,31,32)/t14-,18-,19+/m0/s1. The van der Waals surface area contributed by atoms with Crippen LogP contribution < -0.4 is 9.46 Å². The molecule has 0 bridgehead atoms. The molecule has 0 amide bonds. The molecule has 2 aromatic heterocycles. The number of anilines is 1. The fourth-order valence-electron chi connectivity index (χ4n) is 4.89. The Hall–Kier alpha value is -3.39. The van der Waals surface area contributed by atoms with E-state index in [-0.39, 0.29) is 37.6 Å². The molecule has 9 nitrogen and oxygen atoms in total. The summed E-state index contributed by atoms with van der Waals surface area (Å²) >= 11 is 0. The molecule has 3 atom stereocenters. The van der Waals surface area contributed by atoms with Crippen molar-refractivity contribution in [3.63, 3.8) is 0 Å². The first-order chi connectivity index (χ1) is 17.6. The first kappa shape index (κ1) is 25.3. The van der Waals surface area contributed by atoms with Gasteiger partial charge >= 0.3 is 6.18 Å². The van der Waals surface area contributed by atoms with Crippen LogP contribution >= 0.6 is 0 Å². The lowest BCUT2D eigenvalue weighted by molar-refractivity contribution is -0.192. The lowest BCUT2D eigenvalue weighted by Crippen LogP contribution is -2.44. The van der Waals surface area contributed by atoms with E-state index in [0.29, 0.717) is 17.7 Å². The molecule has 1 saturated heterocycles.